The minimum absolute atomic E-state index is 0.213. The molecule has 122 valence electrons. The molecule has 0 saturated heterocycles. The van der Waals surface area contributed by atoms with Gasteiger partial charge in [-0.05, 0) is 61.4 Å². The van der Waals surface area contributed by atoms with Crippen molar-refractivity contribution < 1.29 is 9.53 Å². The predicted octanol–water partition coefficient (Wildman–Crippen LogP) is 5.21. The van der Waals surface area contributed by atoms with E-state index in [2.05, 4.69) is 26.0 Å². The van der Waals surface area contributed by atoms with Crippen LogP contribution < -0.4 is 4.74 Å². The Bertz CT molecular complexity index is 669. The van der Waals surface area contributed by atoms with Gasteiger partial charge in [-0.1, -0.05) is 50.2 Å². The van der Waals surface area contributed by atoms with Gasteiger partial charge in [0.15, 0.2) is 0 Å². The van der Waals surface area contributed by atoms with Crippen molar-refractivity contribution >= 4 is 5.97 Å². The molecule has 0 aliphatic rings. The van der Waals surface area contributed by atoms with E-state index in [1.54, 1.807) is 0 Å². The monoisotopic (exact) mass is 310 g/mol. The molecule has 0 N–H and O–H groups in total. The summed E-state index contributed by atoms with van der Waals surface area (Å²) in [6.07, 6.45) is 1.06. The van der Waals surface area contributed by atoms with Gasteiger partial charge in [-0.25, -0.2) is 0 Å². The first-order chi connectivity index (χ1) is 10.9. The molecule has 2 rings (SSSR count). The van der Waals surface area contributed by atoms with E-state index < -0.39 is 0 Å². The molecule has 0 bridgehead atoms. The molecule has 2 aromatic carbocycles. The zero-order chi connectivity index (χ0) is 17.0. The zero-order valence-corrected chi connectivity index (χ0v) is 14.7. The number of ether oxygens (including phenoxy) is 1. The van der Waals surface area contributed by atoms with E-state index in [0.29, 0.717) is 11.7 Å². The Morgan fingerprint density at radius 3 is 2.26 bits per heavy atom. The van der Waals surface area contributed by atoms with Gasteiger partial charge in [-0.3, -0.25) is 4.79 Å². The Labute approximate surface area is 139 Å². The minimum Gasteiger partial charge on any atom is -0.426 e. The summed E-state index contributed by atoms with van der Waals surface area (Å²) in [5, 5.41) is 0. The van der Waals surface area contributed by atoms with Crippen LogP contribution in [0.3, 0.4) is 0 Å². The Morgan fingerprint density at radius 2 is 1.65 bits per heavy atom. The molecule has 0 aliphatic heterocycles. The van der Waals surface area contributed by atoms with Gasteiger partial charge >= 0.3 is 5.97 Å². The maximum absolute atomic E-state index is 12.4. The number of hydrogen-bond donors (Lipinski definition) is 0. The van der Waals surface area contributed by atoms with Crippen LogP contribution in [0.4, 0.5) is 0 Å². The highest BCUT2D eigenvalue weighted by Gasteiger charge is 2.18. The molecular formula is C21H26O2. The molecule has 0 amide bonds. The van der Waals surface area contributed by atoms with Gasteiger partial charge in [-0.2, -0.15) is 0 Å². The molecule has 0 heterocycles. The van der Waals surface area contributed by atoms with Crippen LogP contribution in [-0.2, 0) is 11.2 Å². The van der Waals surface area contributed by atoms with Crippen LogP contribution in [-0.4, -0.2) is 5.97 Å². The molecule has 0 saturated carbocycles. The molecule has 2 heteroatoms. The predicted molar refractivity (Wildman–Crippen MR) is 95.0 cm³/mol. The third-order valence-electron chi connectivity index (χ3n) is 4.03. The number of hydrogen-bond acceptors (Lipinski definition) is 2. The van der Waals surface area contributed by atoms with Crippen LogP contribution in [0, 0.1) is 19.8 Å². The summed E-state index contributed by atoms with van der Waals surface area (Å²) in [5.41, 5.74) is 4.36. The van der Waals surface area contributed by atoms with Gasteiger partial charge in [0.2, 0.25) is 0 Å². The lowest BCUT2D eigenvalue weighted by atomic mass is 9.97. The summed E-state index contributed by atoms with van der Waals surface area (Å²) in [7, 11) is 0. The normalized spacial score (nSPS) is 12.3. The molecule has 0 aliphatic carbocycles. The number of carbonyl (C=O) groups excluding carboxylic acids is 1. The maximum Gasteiger partial charge on any atom is 0.318 e. The van der Waals surface area contributed by atoms with Crippen molar-refractivity contribution in [2.75, 3.05) is 0 Å². The van der Waals surface area contributed by atoms with E-state index in [1.165, 1.54) is 5.56 Å². The molecule has 1 unspecified atom stereocenters. The number of carbonyl (C=O) groups is 1. The fourth-order valence-electron chi connectivity index (χ4n) is 2.56. The lowest BCUT2D eigenvalue weighted by molar-refractivity contribution is -0.135. The van der Waals surface area contributed by atoms with E-state index in [1.807, 2.05) is 51.1 Å². The second-order valence-electron chi connectivity index (χ2n) is 6.75. The molecule has 0 spiro atoms. The third kappa shape index (κ3) is 4.69. The Balaban J connectivity index is 2.08. The van der Waals surface area contributed by atoms with E-state index >= 15 is 0 Å². The van der Waals surface area contributed by atoms with Gasteiger partial charge < -0.3 is 4.74 Å². The van der Waals surface area contributed by atoms with Crippen LogP contribution in [0.25, 0.3) is 0 Å². The van der Waals surface area contributed by atoms with Crippen molar-refractivity contribution in [1.29, 1.82) is 0 Å². The highest BCUT2D eigenvalue weighted by Crippen LogP contribution is 2.24. The highest BCUT2D eigenvalue weighted by molar-refractivity contribution is 5.80. The first-order valence-corrected chi connectivity index (χ1v) is 8.24. The van der Waals surface area contributed by atoms with Crippen molar-refractivity contribution in [3.05, 3.63) is 64.7 Å². The number of aryl methyl sites for hydroxylation is 2. The van der Waals surface area contributed by atoms with Crippen LogP contribution in [0.1, 0.15) is 48.9 Å². The van der Waals surface area contributed by atoms with Crippen molar-refractivity contribution in [3.63, 3.8) is 0 Å². The average Bonchev–Trinajstić information content (AvgIpc) is 2.50. The first-order valence-electron chi connectivity index (χ1n) is 8.24. The first kappa shape index (κ1) is 17.3. The Hall–Kier alpha value is -2.09. The van der Waals surface area contributed by atoms with E-state index in [4.69, 9.17) is 4.74 Å². The van der Waals surface area contributed by atoms with E-state index in [-0.39, 0.29) is 11.9 Å². The maximum atomic E-state index is 12.4. The third-order valence-corrected chi connectivity index (χ3v) is 4.03. The van der Waals surface area contributed by atoms with Gasteiger partial charge in [-0.15, -0.1) is 0 Å². The molecule has 1 atom stereocenters. The largest absolute Gasteiger partial charge is 0.426 e. The number of rotatable bonds is 5. The molecular weight excluding hydrogens is 284 g/mol. The smallest absolute Gasteiger partial charge is 0.318 e. The topological polar surface area (TPSA) is 26.3 Å². The fraction of sp³-hybridized carbons (Fsp3) is 0.381. The van der Waals surface area contributed by atoms with Crippen LogP contribution in [0.15, 0.2) is 42.5 Å². The molecule has 2 nitrogen and oxygen atoms in total. The number of esters is 1. The fourth-order valence-corrected chi connectivity index (χ4v) is 2.56. The van der Waals surface area contributed by atoms with Crippen molar-refractivity contribution in [3.8, 4) is 5.75 Å². The average molecular weight is 310 g/mol. The SMILES string of the molecule is Cc1ccc(C)c(OC(=O)C(C)c2ccc(CC(C)C)cc2)c1. The Kier molecular flexibility index (Phi) is 5.59. The standard InChI is InChI=1S/C21H26O2/c1-14(2)12-18-8-10-19(11-9-18)17(5)21(22)23-20-13-15(3)6-7-16(20)4/h6-11,13-14,17H,12H2,1-5H3. The summed E-state index contributed by atoms with van der Waals surface area (Å²) >= 11 is 0. The highest BCUT2D eigenvalue weighted by atomic mass is 16.5. The quantitative estimate of drug-likeness (QED) is 0.559. The van der Waals surface area contributed by atoms with Gasteiger partial charge in [0.05, 0.1) is 5.92 Å². The van der Waals surface area contributed by atoms with Crippen LogP contribution in [0.2, 0.25) is 0 Å². The zero-order valence-electron chi connectivity index (χ0n) is 14.7. The van der Waals surface area contributed by atoms with Gasteiger partial charge in [0.1, 0.15) is 5.75 Å². The van der Waals surface area contributed by atoms with Crippen LogP contribution in [0.5, 0.6) is 5.75 Å². The summed E-state index contributed by atoms with van der Waals surface area (Å²) < 4.78 is 5.60. The molecule has 2 aromatic rings. The van der Waals surface area contributed by atoms with Gasteiger partial charge in [0.25, 0.3) is 0 Å². The van der Waals surface area contributed by atoms with E-state index in [0.717, 1.165) is 23.1 Å². The van der Waals surface area contributed by atoms with Crippen LogP contribution >= 0.6 is 0 Å². The second kappa shape index (κ2) is 7.45. The summed E-state index contributed by atoms with van der Waals surface area (Å²) in [4.78, 5) is 12.4. The second-order valence-corrected chi connectivity index (χ2v) is 6.75. The lowest BCUT2D eigenvalue weighted by Gasteiger charge is -2.14. The van der Waals surface area contributed by atoms with Crippen molar-refractivity contribution in [2.45, 2.75) is 47.0 Å². The minimum atomic E-state index is -0.275. The Morgan fingerprint density at radius 1 is 1.00 bits per heavy atom. The summed E-state index contributed by atoms with van der Waals surface area (Å²) in [5.74, 6) is 0.795. The van der Waals surface area contributed by atoms with Crippen molar-refractivity contribution in [2.24, 2.45) is 5.92 Å². The molecule has 0 fully saturated rings. The van der Waals surface area contributed by atoms with Gasteiger partial charge in [0, 0.05) is 0 Å². The van der Waals surface area contributed by atoms with E-state index in [9.17, 15) is 4.79 Å². The molecule has 0 radical (unpaired) electrons. The summed E-state index contributed by atoms with van der Waals surface area (Å²) in [6.45, 7) is 10.3. The van der Waals surface area contributed by atoms with Crippen molar-refractivity contribution in [1.82, 2.24) is 0 Å². The summed E-state index contributed by atoms with van der Waals surface area (Å²) in [6, 6.07) is 14.2. The number of benzene rings is 2. The molecule has 0 aromatic heterocycles. The lowest BCUT2D eigenvalue weighted by Crippen LogP contribution is -2.16. The molecule has 23 heavy (non-hydrogen) atoms.